The lowest BCUT2D eigenvalue weighted by atomic mass is 10.2. The molecule has 1 rings (SSSR count). The lowest BCUT2D eigenvalue weighted by molar-refractivity contribution is 0.507. The number of hydrogen-bond donors (Lipinski definition) is 0. The van der Waals surface area contributed by atoms with Crippen LogP contribution in [-0.2, 0) is 4.79 Å². The van der Waals surface area contributed by atoms with Gasteiger partial charge in [-0.2, -0.15) is 0 Å². The van der Waals surface area contributed by atoms with Crippen molar-refractivity contribution in [3.8, 4) is 0 Å². The summed E-state index contributed by atoms with van der Waals surface area (Å²) in [6.07, 6.45) is 1.44. The summed E-state index contributed by atoms with van der Waals surface area (Å²) in [6.45, 7) is 0. The first-order valence-electron chi connectivity index (χ1n) is 2.57. The standard InChI is InChI=1S/C7H3F2O/c8-6-2-1-5(4-10)3-7(6)9/h1-3H. The van der Waals surface area contributed by atoms with Crippen molar-refractivity contribution in [2.45, 2.75) is 0 Å². The van der Waals surface area contributed by atoms with Crippen LogP contribution in [0, 0.1) is 11.6 Å². The SMILES string of the molecule is O=[C]c1ccc(F)c(F)c1. The molecule has 0 aliphatic carbocycles. The van der Waals surface area contributed by atoms with Crippen molar-refractivity contribution in [3.05, 3.63) is 35.4 Å². The third kappa shape index (κ3) is 1.18. The molecule has 1 radical (unpaired) electrons. The quantitative estimate of drug-likeness (QED) is 0.578. The van der Waals surface area contributed by atoms with E-state index in [4.69, 9.17) is 0 Å². The average molecular weight is 141 g/mol. The monoisotopic (exact) mass is 141 g/mol. The fraction of sp³-hybridized carbons (Fsp3) is 0. The molecule has 0 bridgehead atoms. The van der Waals surface area contributed by atoms with Gasteiger partial charge in [-0.25, -0.2) is 8.78 Å². The van der Waals surface area contributed by atoms with Gasteiger partial charge in [0.05, 0.1) is 0 Å². The van der Waals surface area contributed by atoms with Gasteiger partial charge in [-0.3, -0.25) is 4.79 Å². The van der Waals surface area contributed by atoms with Crippen LogP contribution in [0.5, 0.6) is 0 Å². The maximum atomic E-state index is 12.2. The van der Waals surface area contributed by atoms with Crippen molar-refractivity contribution < 1.29 is 13.6 Å². The van der Waals surface area contributed by atoms with E-state index in [1.54, 1.807) is 0 Å². The highest BCUT2D eigenvalue weighted by atomic mass is 19.2. The summed E-state index contributed by atoms with van der Waals surface area (Å²) in [5.74, 6) is -1.99. The minimum absolute atomic E-state index is 0.0129. The lowest BCUT2D eigenvalue weighted by Crippen LogP contribution is -1.86. The van der Waals surface area contributed by atoms with E-state index in [0.29, 0.717) is 0 Å². The Hall–Kier alpha value is -1.25. The molecule has 0 unspecified atom stereocenters. The van der Waals surface area contributed by atoms with Crippen LogP contribution < -0.4 is 0 Å². The van der Waals surface area contributed by atoms with Crippen LogP contribution in [0.2, 0.25) is 0 Å². The van der Waals surface area contributed by atoms with Crippen molar-refractivity contribution in [2.75, 3.05) is 0 Å². The van der Waals surface area contributed by atoms with Gasteiger partial charge in [0.1, 0.15) is 0 Å². The minimum Gasteiger partial charge on any atom is -0.285 e. The van der Waals surface area contributed by atoms with E-state index >= 15 is 0 Å². The van der Waals surface area contributed by atoms with Gasteiger partial charge in [-0.05, 0) is 18.2 Å². The fourth-order valence-corrected chi connectivity index (χ4v) is 0.560. The topological polar surface area (TPSA) is 17.1 Å². The summed E-state index contributed by atoms with van der Waals surface area (Å²) in [7, 11) is 0. The molecule has 0 aliphatic heterocycles. The Bertz CT molecular complexity index is 258. The average Bonchev–Trinajstić information content (AvgIpc) is 1.95. The third-order valence-electron chi connectivity index (χ3n) is 1.04. The maximum Gasteiger partial charge on any atom is 0.233 e. The van der Waals surface area contributed by atoms with E-state index in [0.717, 1.165) is 18.2 Å². The summed E-state index contributed by atoms with van der Waals surface area (Å²) in [6, 6.07) is 2.84. The summed E-state index contributed by atoms with van der Waals surface area (Å²) in [5.41, 5.74) is 0.0129. The smallest absolute Gasteiger partial charge is 0.233 e. The molecule has 1 aromatic rings. The zero-order valence-corrected chi connectivity index (χ0v) is 4.90. The molecule has 0 spiro atoms. The molecule has 0 atom stereocenters. The second kappa shape index (κ2) is 2.56. The molecule has 0 saturated heterocycles. The molecule has 0 amide bonds. The van der Waals surface area contributed by atoms with Crippen LogP contribution in [0.25, 0.3) is 0 Å². The third-order valence-corrected chi connectivity index (χ3v) is 1.04. The van der Waals surface area contributed by atoms with Crippen LogP contribution in [0.4, 0.5) is 8.78 Å². The Kier molecular flexibility index (Phi) is 1.76. The van der Waals surface area contributed by atoms with Crippen LogP contribution in [0.15, 0.2) is 18.2 Å². The number of rotatable bonds is 1. The number of halogens is 2. The Balaban J connectivity index is 3.16. The normalized spacial score (nSPS) is 9.40. The molecule has 3 heteroatoms. The molecule has 51 valence electrons. The lowest BCUT2D eigenvalue weighted by Gasteiger charge is -1.90. The predicted molar refractivity (Wildman–Crippen MR) is 31.2 cm³/mol. The van der Waals surface area contributed by atoms with E-state index in [9.17, 15) is 13.6 Å². The largest absolute Gasteiger partial charge is 0.285 e. The van der Waals surface area contributed by atoms with E-state index in [2.05, 4.69) is 0 Å². The second-order valence-corrected chi connectivity index (χ2v) is 1.73. The van der Waals surface area contributed by atoms with Crippen molar-refractivity contribution in [1.82, 2.24) is 0 Å². The molecule has 0 saturated carbocycles. The highest BCUT2D eigenvalue weighted by Crippen LogP contribution is 2.05. The molecule has 0 fully saturated rings. The van der Waals surface area contributed by atoms with Crippen LogP contribution >= 0.6 is 0 Å². The van der Waals surface area contributed by atoms with E-state index in [1.807, 2.05) is 0 Å². The van der Waals surface area contributed by atoms with Crippen LogP contribution in [0.1, 0.15) is 5.56 Å². The summed E-state index contributed by atoms with van der Waals surface area (Å²) < 4.78 is 24.3. The molecule has 1 nitrogen and oxygen atoms in total. The van der Waals surface area contributed by atoms with Crippen molar-refractivity contribution in [2.24, 2.45) is 0 Å². The predicted octanol–water partition coefficient (Wildman–Crippen LogP) is 1.42. The second-order valence-electron chi connectivity index (χ2n) is 1.73. The Morgan fingerprint density at radius 3 is 2.40 bits per heavy atom. The molecule has 1 aromatic carbocycles. The van der Waals surface area contributed by atoms with Crippen LogP contribution in [0.3, 0.4) is 0 Å². The molecular weight excluding hydrogens is 138 g/mol. The Morgan fingerprint density at radius 2 is 1.90 bits per heavy atom. The van der Waals surface area contributed by atoms with Gasteiger partial charge in [0, 0.05) is 5.56 Å². The van der Waals surface area contributed by atoms with E-state index < -0.39 is 11.6 Å². The van der Waals surface area contributed by atoms with Gasteiger partial charge in [-0.1, -0.05) is 0 Å². The van der Waals surface area contributed by atoms with E-state index in [1.165, 1.54) is 6.29 Å². The number of carbonyl (C=O) groups excluding carboxylic acids is 1. The highest BCUT2D eigenvalue weighted by molar-refractivity contribution is 5.74. The summed E-state index contributed by atoms with van der Waals surface area (Å²) in [4.78, 5) is 9.86. The molecule has 10 heavy (non-hydrogen) atoms. The van der Waals surface area contributed by atoms with Gasteiger partial charge in [0.15, 0.2) is 11.6 Å². The van der Waals surface area contributed by atoms with Gasteiger partial charge in [0.25, 0.3) is 0 Å². The zero-order valence-electron chi connectivity index (χ0n) is 4.90. The fourth-order valence-electron chi connectivity index (χ4n) is 0.560. The van der Waals surface area contributed by atoms with Gasteiger partial charge < -0.3 is 0 Å². The maximum absolute atomic E-state index is 12.2. The van der Waals surface area contributed by atoms with Gasteiger partial charge in [0.2, 0.25) is 6.29 Å². The van der Waals surface area contributed by atoms with Crippen molar-refractivity contribution >= 4 is 6.29 Å². The Morgan fingerprint density at radius 1 is 1.20 bits per heavy atom. The van der Waals surface area contributed by atoms with Gasteiger partial charge in [-0.15, -0.1) is 0 Å². The first-order valence-corrected chi connectivity index (χ1v) is 2.57. The first-order chi connectivity index (χ1) is 4.74. The highest BCUT2D eigenvalue weighted by Gasteiger charge is 2.00. The number of hydrogen-bond acceptors (Lipinski definition) is 1. The summed E-state index contributed by atoms with van der Waals surface area (Å²) in [5, 5.41) is 0. The zero-order chi connectivity index (χ0) is 7.56. The summed E-state index contributed by atoms with van der Waals surface area (Å²) >= 11 is 0. The van der Waals surface area contributed by atoms with Crippen LogP contribution in [-0.4, -0.2) is 6.29 Å². The van der Waals surface area contributed by atoms with Gasteiger partial charge >= 0.3 is 0 Å². The molecule has 0 heterocycles. The molecular formula is C7H3F2O. The molecule has 0 aliphatic rings. The molecule has 0 N–H and O–H groups in total. The molecule has 0 aromatic heterocycles. The van der Waals surface area contributed by atoms with Crippen molar-refractivity contribution in [3.63, 3.8) is 0 Å². The minimum atomic E-state index is -1.03. The number of benzene rings is 1. The van der Waals surface area contributed by atoms with E-state index in [-0.39, 0.29) is 5.56 Å². The first kappa shape index (κ1) is 6.86. The van der Waals surface area contributed by atoms with Crippen molar-refractivity contribution in [1.29, 1.82) is 0 Å². The Labute approximate surface area is 56.3 Å².